The van der Waals surface area contributed by atoms with E-state index in [1.165, 1.54) is 24.3 Å². The monoisotopic (exact) mass is 418 g/mol. The van der Waals surface area contributed by atoms with Crippen LogP contribution in [0.15, 0.2) is 48.5 Å². The molecule has 1 atom stereocenters. The zero-order chi connectivity index (χ0) is 20.8. The summed E-state index contributed by atoms with van der Waals surface area (Å²) in [6.07, 6.45) is 0. The molecule has 0 spiro atoms. The summed E-state index contributed by atoms with van der Waals surface area (Å²) in [5, 5.41) is 6.13. The summed E-state index contributed by atoms with van der Waals surface area (Å²) < 4.78 is 13.0. The van der Waals surface area contributed by atoms with Crippen molar-refractivity contribution in [2.45, 2.75) is 13.0 Å². The molecule has 0 aliphatic carbocycles. The van der Waals surface area contributed by atoms with Crippen molar-refractivity contribution in [2.75, 3.05) is 43.4 Å². The van der Waals surface area contributed by atoms with Gasteiger partial charge in [-0.3, -0.25) is 19.4 Å². The molecular formula is C21H24ClFN4O2. The van der Waals surface area contributed by atoms with Crippen LogP contribution in [0.1, 0.15) is 6.92 Å². The van der Waals surface area contributed by atoms with Gasteiger partial charge in [0.2, 0.25) is 11.8 Å². The van der Waals surface area contributed by atoms with Crippen LogP contribution in [-0.2, 0) is 9.59 Å². The van der Waals surface area contributed by atoms with E-state index in [0.717, 1.165) is 0 Å². The number of amides is 2. The molecule has 0 unspecified atom stereocenters. The van der Waals surface area contributed by atoms with Gasteiger partial charge in [0.15, 0.2) is 0 Å². The van der Waals surface area contributed by atoms with E-state index in [1.54, 1.807) is 12.1 Å². The van der Waals surface area contributed by atoms with Gasteiger partial charge in [0.05, 0.1) is 23.3 Å². The van der Waals surface area contributed by atoms with Gasteiger partial charge in [-0.05, 0) is 43.3 Å². The van der Waals surface area contributed by atoms with Gasteiger partial charge in [-0.25, -0.2) is 4.39 Å². The summed E-state index contributed by atoms with van der Waals surface area (Å²) in [6, 6.07) is 12.5. The zero-order valence-electron chi connectivity index (χ0n) is 16.2. The Morgan fingerprint density at radius 3 is 2.34 bits per heavy atom. The fourth-order valence-electron chi connectivity index (χ4n) is 3.21. The lowest BCUT2D eigenvalue weighted by molar-refractivity contribution is -0.122. The first kappa shape index (κ1) is 21.2. The Balaban J connectivity index is 1.44. The molecule has 0 aromatic heterocycles. The van der Waals surface area contributed by atoms with Gasteiger partial charge in [0, 0.05) is 31.9 Å². The second-order valence-corrected chi connectivity index (χ2v) is 7.42. The molecule has 2 aromatic carbocycles. The summed E-state index contributed by atoms with van der Waals surface area (Å²) in [6.45, 7) is 4.84. The van der Waals surface area contributed by atoms with E-state index in [0.29, 0.717) is 42.6 Å². The number of halogens is 2. The average molecular weight is 419 g/mol. The van der Waals surface area contributed by atoms with Crippen molar-refractivity contribution < 1.29 is 14.0 Å². The Labute approximate surface area is 174 Å². The standard InChI is InChI=1S/C21H24ClFN4O2/c1-15(21(29)24-17-8-6-16(23)7-9-17)27-12-10-26(11-13-27)14-20(28)25-19-5-3-2-4-18(19)22/h2-9,15H,10-14H2,1H3,(H,24,29)(H,25,28)/t15-/m0/s1. The highest BCUT2D eigenvalue weighted by Gasteiger charge is 2.26. The lowest BCUT2D eigenvalue weighted by atomic mass is 10.2. The second-order valence-electron chi connectivity index (χ2n) is 7.01. The molecule has 0 saturated carbocycles. The number of piperazine rings is 1. The van der Waals surface area contributed by atoms with E-state index >= 15 is 0 Å². The van der Waals surface area contributed by atoms with Crippen LogP contribution in [0, 0.1) is 5.82 Å². The van der Waals surface area contributed by atoms with Gasteiger partial charge in [-0.2, -0.15) is 0 Å². The van der Waals surface area contributed by atoms with Crippen LogP contribution < -0.4 is 10.6 Å². The predicted octanol–water partition coefficient (Wildman–Crippen LogP) is 3.06. The fraction of sp³-hybridized carbons (Fsp3) is 0.333. The first-order chi connectivity index (χ1) is 13.9. The molecule has 2 N–H and O–H groups in total. The minimum absolute atomic E-state index is 0.117. The van der Waals surface area contributed by atoms with Crippen LogP contribution in [0.25, 0.3) is 0 Å². The fourth-order valence-corrected chi connectivity index (χ4v) is 3.39. The third-order valence-electron chi connectivity index (χ3n) is 4.96. The third-order valence-corrected chi connectivity index (χ3v) is 5.29. The van der Waals surface area contributed by atoms with Crippen molar-refractivity contribution in [2.24, 2.45) is 0 Å². The SMILES string of the molecule is C[C@@H](C(=O)Nc1ccc(F)cc1)N1CCN(CC(=O)Nc2ccccc2Cl)CC1. The van der Waals surface area contributed by atoms with Crippen LogP contribution in [0.2, 0.25) is 5.02 Å². The number of para-hydroxylation sites is 1. The molecule has 2 aromatic rings. The summed E-state index contributed by atoms with van der Waals surface area (Å²) in [5.41, 5.74) is 1.17. The molecule has 154 valence electrons. The molecule has 8 heteroatoms. The molecular weight excluding hydrogens is 395 g/mol. The Hall–Kier alpha value is -2.48. The molecule has 3 rings (SSSR count). The maximum Gasteiger partial charge on any atom is 0.241 e. The van der Waals surface area contributed by atoms with E-state index in [1.807, 2.05) is 24.0 Å². The molecule has 2 amide bonds. The van der Waals surface area contributed by atoms with Crippen LogP contribution in [-0.4, -0.2) is 60.4 Å². The predicted molar refractivity (Wildman–Crippen MR) is 113 cm³/mol. The highest BCUT2D eigenvalue weighted by Crippen LogP contribution is 2.20. The van der Waals surface area contributed by atoms with Crippen molar-refractivity contribution in [3.05, 3.63) is 59.4 Å². The second kappa shape index (κ2) is 9.82. The number of hydrogen-bond acceptors (Lipinski definition) is 4. The van der Waals surface area contributed by atoms with E-state index < -0.39 is 0 Å². The quantitative estimate of drug-likeness (QED) is 0.756. The highest BCUT2D eigenvalue weighted by molar-refractivity contribution is 6.33. The van der Waals surface area contributed by atoms with E-state index in [4.69, 9.17) is 11.6 Å². The summed E-state index contributed by atoms with van der Waals surface area (Å²) in [5.74, 6) is -0.596. The minimum atomic E-state index is -0.342. The van der Waals surface area contributed by atoms with Crippen molar-refractivity contribution >= 4 is 34.8 Å². The Kier molecular flexibility index (Phi) is 7.19. The molecule has 0 bridgehead atoms. The topological polar surface area (TPSA) is 64.7 Å². The van der Waals surface area contributed by atoms with Gasteiger partial charge in [0.1, 0.15) is 5.82 Å². The number of anilines is 2. The number of carbonyl (C=O) groups excluding carboxylic acids is 2. The number of nitrogens with zero attached hydrogens (tertiary/aromatic N) is 2. The number of hydrogen-bond donors (Lipinski definition) is 2. The number of nitrogens with one attached hydrogen (secondary N) is 2. The normalized spacial score (nSPS) is 16.2. The third kappa shape index (κ3) is 6.00. The van der Waals surface area contributed by atoms with E-state index in [-0.39, 0.29) is 30.2 Å². The molecule has 0 radical (unpaired) electrons. The molecule has 29 heavy (non-hydrogen) atoms. The number of carbonyl (C=O) groups is 2. The van der Waals surface area contributed by atoms with Crippen LogP contribution >= 0.6 is 11.6 Å². The van der Waals surface area contributed by atoms with Crippen LogP contribution in [0.5, 0.6) is 0 Å². The molecule has 1 aliphatic rings. The van der Waals surface area contributed by atoms with Crippen molar-refractivity contribution in [1.82, 2.24) is 9.80 Å². The smallest absolute Gasteiger partial charge is 0.241 e. The Morgan fingerprint density at radius 2 is 1.69 bits per heavy atom. The average Bonchev–Trinajstić information content (AvgIpc) is 2.71. The molecule has 6 nitrogen and oxygen atoms in total. The van der Waals surface area contributed by atoms with Crippen molar-refractivity contribution in [3.8, 4) is 0 Å². The first-order valence-corrected chi connectivity index (χ1v) is 9.87. The minimum Gasteiger partial charge on any atom is -0.325 e. The Bertz CT molecular complexity index is 854. The zero-order valence-corrected chi connectivity index (χ0v) is 17.0. The summed E-state index contributed by atoms with van der Waals surface area (Å²) in [4.78, 5) is 28.8. The summed E-state index contributed by atoms with van der Waals surface area (Å²) >= 11 is 6.07. The molecule has 1 aliphatic heterocycles. The van der Waals surface area contributed by atoms with Crippen molar-refractivity contribution in [3.63, 3.8) is 0 Å². The molecule has 1 saturated heterocycles. The van der Waals surface area contributed by atoms with E-state index in [9.17, 15) is 14.0 Å². The van der Waals surface area contributed by atoms with Gasteiger partial charge >= 0.3 is 0 Å². The van der Waals surface area contributed by atoms with Crippen LogP contribution in [0.3, 0.4) is 0 Å². The van der Waals surface area contributed by atoms with Gasteiger partial charge < -0.3 is 10.6 Å². The molecule has 1 fully saturated rings. The summed E-state index contributed by atoms with van der Waals surface area (Å²) in [7, 11) is 0. The maximum atomic E-state index is 13.0. The van der Waals surface area contributed by atoms with Crippen molar-refractivity contribution in [1.29, 1.82) is 0 Å². The first-order valence-electron chi connectivity index (χ1n) is 9.49. The van der Waals surface area contributed by atoms with Gasteiger partial charge in [-0.1, -0.05) is 23.7 Å². The number of benzene rings is 2. The van der Waals surface area contributed by atoms with Gasteiger partial charge in [0.25, 0.3) is 0 Å². The largest absolute Gasteiger partial charge is 0.325 e. The van der Waals surface area contributed by atoms with Gasteiger partial charge in [-0.15, -0.1) is 0 Å². The molecule has 1 heterocycles. The highest BCUT2D eigenvalue weighted by atomic mass is 35.5. The van der Waals surface area contributed by atoms with E-state index in [2.05, 4.69) is 15.5 Å². The maximum absolute atomic E-state index is 13.0. The lowest BCUT2D eigenvalue weighted by Crippen LogP contribution is -2.53. The Morgan fingerprint density at radius 1 is 1.03 bits per heavy atom. The number of rotatable bonds is 6. The van der Waals surface area contributed by atoms with Crippen LogP contribution in [0.4, 0.5) is 15.8 Å². The lowest BCUT2D eigenvalue weighted by Gasteiger charge is -2.37.